The maximum Gasteiger partial charge on any atom is 0.295 e. The van der Waals surface area contributed by atoms with E-state index in [0.717, 1.165) is 30.6 Å². The highest BCUT2D eigenvalue weighted by molar-refractivity contribution is 6.32. The van der Waals surface area contributed by atoms with E-state index in [4.69, 9.17) is 22.7 Å². The van der Waals surface area contributed by atoms with Gasteiger partial charge in [-0.3, -0.25) is 19.6 Å². The van der Waals surface area contributed by atoms with Crippen molar-refractivity contribution in [3.63, 3.8) is 0 Å². The van der Waals surface area contributed by atoms with Gasteiger partial charge in [0.2, 0.25) is 11.7 Å². The zero-order valence-corrected chi connectivity index (χ0v) is 18.6. The van der Waals surface area contributed by atoms with Crippen molar-refractivity contribution in [1.29, 1.82) is 5.41 Å². The van der Waals surface area contributed by atoms with Gasteiger partial charge in [0.15, 0.2) is 5.15 Å². The van der Waals surface area contributed by atoms with Crippen LogP contribution in [-0.4, -0.2) is 39.8 Å². The second-order valence-corrected chi connectivity index (χ2v) is 8.09. The largest absolute Gasteiger partial charge is 0.399 e. The number of anilines is 2. The van der Waals surface area contributed by atoms with Gasteiger partial charge in [-0.25, -0.2) is 9.99 Å². The third-order valence-corrected chi connectivity index (χ3v) is 5.60. The summed E-state index contributed by atoms with van der Waals surface area (Å²) in [7, 11) is 0. The zero-order valence-electron chi connectivity index (χ0n) is 17.8. The van der Waals surface area contributed by atoms with Gasteiger partial charge >= 0.3 is 0 Å². The fourth-order valence-electron chi connectivity index (χ4n) is 3.43. The number of halogens is 1. The molecular weight excluding hydrogens is 442 g/mol. The van der Waals surface area contributed by atoms with Gasteiger partial charge < -0.3 is 16.5 Å². The Morgan fingerprint density at radius 1 is 1.21 bits per heavy atom. The molecule has 1 aromatic heterocycles. The third-order valence-electron chi connectivity index (χ3n) is 5.34. The number of benzene rings is 2. The Hall–Kier alpha value is -3.69. The van der Waals surface area contributed by atoms with Crippen LogP contribution in [0.1, 0.15) is 17.5 Å². The molecule has 9 nitrogen and oxygen atoms in total. The lowest BCUT2D eigenvalue weighted by atomic mass is 10.1. The number of hydrogen-bond acceptors (Lipinski definition) is 7. The van der Waals surface area contributed by atoms with Crippen LogP contribution in [0.25, 0.3) is 11.3 Å². The Labute approximate surface area is 195 Å². The molecule has 33 heavy (non-hydrogen) atoms. The Kier molecular flexibility index (Phi) is 6.71. The first-order valence-electron chi connectivity index (χ1n) is 10.5. The lowest BCUT2D eigenvalue weighted by Crippen LogP contribution is -2.44. The van der Waals surface area contributed by atoms with Gasteiger partial charge in [0.1, 0.15) is 6.54 Å². The van der Waals surface area contributed by atoms with Crippen LogP contribution in [-0.2, 0) is 17.9 Å². The van der Waals surface area contributed by atoms with Crippen LogP contribution in [0.2, 0.25) is 5.15 Å². The Balaban J connectivity index is 1.62. The Bertz CT molecular complexity index is 1240. The van der Waals surface area contributed by atoms with Crippen LogP contribution >= 0.6 is 11.6 Å². The second-order valence-electron chi connectivity index (χ2n) is 7.73. The molecule has 0 saturated carbocycles. The van der Waals surface area contributed by atoms with Gasteiger partial charge in [0, 0.05) is 37.1 Å². The highest BCUT2D eigenvalue weighted by atomic mass is 35.5. The van der Waals surface area contributed by atoms with Crippen molar-refractivity contribution in [2.75, 3.05) is 24.2 Å². The minimum atomic E-state index is -0.450. The molecule has 0 bridgehead atoms. The van der Waals surface area contributed by atoms with Crippen molar-refractivity contribution in [2.45, 2.75) is 19.5 Å². The fourth-order valence-corrected chi connectivity index (χ4v) is 3.73. The average Bonchev–Trinajstić information content (AvgIpc) is 2.78. The first-order chi connectivity index (χ1) is 15.9. The van der Waals surface area contributed by atoms with Crippen molar-refractivity contribution >= 4 is 35.2 Å². The molecule has 3 aromatic rings. The van der Waals surface area contributed by atoms with Crippen molar-refractivity contribution in [3.05, 3.63) is 75.2 Å². The van der Waals surface area contributed by atoms with E-state index < -0.39 is 5.56 Å². The smallest absolute Gasteiger partial charge is 0.295 e. The lowest BCUT2D eigenvalue weighted by Gasteiger charge is -2.31. The highest BCUT2D eigenvalue weighted by Gasteiger charge is 2.22. The SMILES string of the molecule is N=Cc1ccc(CNC(=O)Cn2c(-c3cccc(N)c3)c(Cl)nc(NN3CCC3)c2=O)cc1. The van der Waals surface area contributed by atoms with E-state index in [0.29, 0.717) is 16.9 Å². The number of carbonyl (C=O) groups is 1. The molecule has 10 heteroatoms. The van der Waals surface area contributed by atoms with Gasteiger partial charge in [0.05, 0.1) is 5.69 Å². The number of nitrogen functional groups attached to an aromatic ring is 1. The molecule has 2 heterocycles. The van der Waals surface area contributed by atoms with Gasteiger partial charge in [-0.15, -0.1) is 0 Å². The lowest BCUT2D eigenvalue weighted by molar-refractivity contribution is -0.121. The molecule has 1 saturated heterocycles. The first-order valence-corrected chi connectivity index (χ1v) is 10.9. The number of rotatable bonds is 8. The summed E-state index contributed by atoms with van der Waals surface area (Å²) in [5, 5.41) is 12.1. The molecule has 1 fully saturated rings. The van der Waals surface area contributed by atoms with E-state index in [1.54, 1.807) is 36.4 Å². The molecule has 0 aliphatic carbocycles. The van der Waals surface area contributed by atoms with Gasteiger partial charge in [-0.05, 0) is 29.7 Å². The molecule has 1 aliphatic rings. The van der Waals surface area contributed by atoms with Crippen LogP contribution < -0.4 is 22.0 Å². The summed E-state index contributed by atoms with van der Waals surface area (Å²) in [5.41, 5.74) is 11.5. The second kappa shape index (κ2) is 9.85. The van der Waals surface area contributed by atoms with Crippen LogP contribution in [0.15, 0.2) is 53.3 Å². The van der Waals surface area contributed by atoms with Gasteiger partial charge in [-0.1, -0.05) is 48.0 Å². The zero-order chi connectivity index (χ0) is 23.4. The molecule has 1 aliphatic heterocycles. The molecule has 0 spiro atoms. The summed E-state index contributed by atoms with van der Waals surface area (Å²) in [5.74, 6) is -0.280. The highest BCUT2D eigenvalue weighted by Crippen LogP contribution is 2.28. The van der Waals surface area contributed by atoms with E-state index in [1.807, 2.05) is 17.1 Å². The maximum atomic E-state index is 13.3. The molecule has 5 N–H and O–H groups in total. The Morgan fingerprint density at radius 2 is 1.97 bits per heavy atom. The first kappa shape index (κ1) is 22.5. The number of hydrazine groups is 1. The molecular formula is C23H24ClN7O2. The number of hydrogen-bond donors (Lipinski definition) is 4. The summed E-state index contributed by atoms with van der Waals surface area (Å²) >= 11 is 6.50. The summed E-state index contributed by atoms with van der Waals surface area (Å²) in [6, 6.07) is 14.2. The number of carbonyl (C=O) groups excluding carboxylic acids is 1. The van der Waals surface area contributed by atoms with E-state index in [2.05, 4.69) is 15.7 Å². The van der Waals surface area contributed by atoms with Crippen LogP contribution in [0, 0.1) is 5.41 Å². The molecule has 0 unspecified atom stereocenters. The summed E-state index contributed by atoms with van der Waals surface area (Å²) in [6.07, 6.45) is 2.28. The van der Waals surface area contributed by atoms with Gasteiger partial charge in [-0.2, -0.15) is 0 Å². The van der Waals surface area contributed by atoms with E-state index >= 15 is 0 Å². The molecule has 0 atom stereocenters. The predicted molar refractivity (Wildman–Crippen MR) is 129 cm³/mol. The van der Waals surface area contributed by atoms with Crippen molar-refractivity contribution in [2.24, 2.45) is 0 Å². The normalized spacial score (nSPS) is 13.2. The van der Waals surface area contributed by atoms with Crippen molar-refractivity contribution < 1.29 is 4.79 Å². The minimum absolute atomic E-state index is 0.0717. The van der Waals surface area contributed by atoms with Gasteiger partial charge in [0.25, 0.3) is 5.56 Å². The number of nitrogens with one attached hydrogen (secondary N) is 3. The van der Waals surface area contributed by atoms with E-state index in [-0.39, 0.29) is 30.0 Å². The topological polar surface area (TPSA) is 129 Å². The Morgan fingerprint density at radius 3 is 2.61 bits per heavy atom. The predicted octanol–water partition coefficient (Wildman–Crippen LogP) is 2.49. The van der Waals surface area contributed by atoms with Crippen molar-refractivity contribution in [3.8, 4) is 11.3 Å². The third kappa shape index (κ3) is 5.21. The molecule has 0 radical (unpaired) electrons. The van der Waals surface area contributed by atoms with Crippen LogP contribution in [0.5, 0.6) is 0 Å². The van der Waals surface area contributed by atoms with Crippen LogP contribution in [0.4, 0.5) is 11.5 Å². The van der Waals surface area contributed by atoms with E-state index in [9.17, 15) is 9.59 Å². The van der Waals surface area contributed by atoms with E-state index in [1.165, 1.54) is 10.8 Å². The quantitative estimate of drug-likeness (QED) is 0.299. The maximum absolute atomic E-state index is 13.3. The summed E-state index contributed by atoms with van der Waals surface area (Å²) in [4.78, 5) is 30.3. The monoisotopic (exact) mass is 465 g/mol. The summed E-state index contributed by atoms with van der Waals surface area (Å²) < 4.78 is 1.32. The van der Waals surface area contributed by atoms with Crippen molar-refractivity contribution in [1.82, 2.24) is 19.9 Å². The minimum Gasteiger partial charge on any atom is -0.399 e. The standard InChI is InChI=1S/C23H24ClN7O2/c24-21-20(17-3-1-4-18(26)11-17)31(23(33)22(28-21)29-30-9-2-10-30)14-19(32)27-13-16-7-5-15(12-25)6-8-16/h1,3-8,11-12,25H,2,9-10,13-14,26H2,(H,27,32)(H,28,29). The van der Waals surface area contributed by atoms with Crippen LogP contribution in [0.3, 0.4) is 0 Å². The fraction of sp³-hybridized carbons (Fsp3) is 0.217. The average molecular weight is 466 g/mol. The number of nitrogens with zero attached hydrogens (tertiary/aromatic N) is 3. The summed E-state index contributed by atoms with van der Waals surface area (Å²) in [6.45, 7) is 1.65. The number of aromatic nitrogens is 2. The molecule has 1 amide bonds. The number of amides is 1. The molecule has 2 aromatic carbocycles. The molecule has 170 valence electrons. The molecule has 4 rings (SSSR count). The number of nitrogens with two attached hydrogens (primary N) is 1.